The van der Waals surface area contributed by atoms with Crippen molar-refractivity contribution < 1.29 is 28.9 Å². The molecule has 0 aliphatic heterocycles. The molecule has 0 amide bonds. The Balaban J connectivity index is 2.30. The first-order valence-electron chi connectivity index (χ1n) is 7.63. The molecule has 26 heavy (non-hydrogen) atoms. The third-order valence-corrected chi connectivity index (χ3v) is 3.41. The van der Waals surface area contributed by atoms with Crippen LogP contribution in [0.25, 0.3) is 12.2 Å². The lowest BCUT2D eigenvalue weighted by molar-refractivity contribution is -0.106. The third-order valence-electron chi connectivity index (χ3n) is 3.41. The van der Waals surface area contributed by atoms with Gasteiger partial charge in [0.05, 0.1) is 14.2 Å². The summed E-state index contributed by atoms with van der Waals surface area (Å²) in [4.78, 5) is 21.8. The predicted molar refractivity (Wildman–Crippen MR) is 97.4 cm³/mol. The summed E-state index contributed by atoms with van der Waals surface area (Å²) in [5, 5.41) is 9.63. The maximum Gasteiger partial charge on any atom is 0.185 e. The van der Waals surface area contributed by atoms with E-state index < -0.39 is 0 Å². The summed E-state index contributed by atoms with van der Waals surface area (Å²) in [6, 6.07) is 9.70. The Morgan fingerprint density at radius 1 is 0.923 bits per heavy atom. The molecular weight excluding hydrogens is 336 g/mol. The largest absolute Gasteiger partial charge is 0.504 e. The molecule has 0 saturated heterocycles. The topological polar surface area (TPSA) is 82.1 Å². The van der Waals surface area contributed by atoms with Gasteiger partial charge >= 0.3 is 0 Å². The van der Waals surface area contributed by atoms with Crippen LogP contribution in [-0.4, -0.2) is 31.9 Å². The zero-order valence-electron chi connectivity index (χ0n) is 14.3. The van der Waals surface area contributed by atoms with Gasteiger partial charge in [-0.3, -0.25) is 9.59 Å². The minimum Gasteiger partial charge on any atom is -0.504 e. The number of carbonyl (C=O) groups is 2. The molecule has 0 aliphatic rings. The van der Waals surface area contributed by atoms with Gasteiger partial charge in [-0.25, -0.2) is 0 Å². The number of phenolic OH excluding ortho intramolecular Hbond substituents is 1. The average molecular weight is 354 g/mol. The van der Waals surface area contributed by atoms with Crippen LogP contribution in [0.2, 0.25) is 0 Å². The second-order valence-corrected chi connectivity index (χ2v) is 5.10. The Hall–Kier alpha value is -3.54. The van der Waals surface area contributed by atoms with Gasteiger partial charge in [0, 0.05) is 0 Å². The molecule has 0 atom stereocenters. The first-order valence-corrected chi connectivity index (χ1v) is 7.63. The number of aldehydes is 2. The van der Waals surface area contributed by atoms with Gasteiger partial charge in [0.15, 0.2) is 35.0 Å². The highest BCUT2D eigenvalue weighted by Crippen LogP contribution is 2.31. The monoisotopic (exact) mass is 354 g/mol. The van der Waals surface area contributed by atoms with E-state index in [4.69, 9.17) is 14.2 Å². The summed E-state index contributed by atoms with van der Waals surface area (Å²) in [6.45, 7) is 0. The van der Waals surface area contributed by atoms with Crippen molar-refractivity contribution in [2.24, 2.45) is 0 Å². The highest BCUT2D eigenvalue weighted by molar-refractivity contribution is 5.80. The van der Waals surface area contributed by atoms with Gasteiger partial charge in [0.1, 0.15) is 6.29 Å². The molecule has 0 heterocycles. The molecular formula is C20H18O6. The lowest BCUT2D eigenvalue weighted by Crippen LogP contribution is -1.99. The fourth-order valence-corrected chi connectivity index (χ4v) is 2.19. The highest BCUT2D eigenvalue weighted by atomic mass is 16.5. The molecule has 0 saturated carbocycles. The molecule has 0 spiro atoms. The second kappa shape index (κ2) is 9.08. The minimum atomic E-state index is -0.00106. The molecule has 0 aromatic heterocycles. The second-order valence-electron chi connectivity index (χ2n) is 5.10. The molecule has 1 N–H and O–H groups in total. The van der Waals surface area contributed by atoms with E-state index in [-0.39, 0.29) is 17.3 Å². The van der Waals surface area contributed by atoms with E-state index in [1.165, 1.54) is 32.4 Å². The minimum absolute atomic E-state index is 0.00106. The van der Waals surface area contributed by atoms with Gasteiger partial charge in [-0.2, -0.15) is 0 Å². The van der Waals surface area contributed by atoms with Gasteiger partial charge in [-0.05, 0) is 47.5 Å². The van der Waals surface area contributed by atoms with Gasteiger partial charge in [-0.1, -0.05) is 18.2 Å². The average Bonchev–Trinajstić information content (AvgIpc) is 2.67. The smallest absolute Gasteiger partial charge is 0.185 e. The van der Waals surface area contributed by atoms with E-state index >= 15 is 0 Å². The van der Waals surface area contributed by atoms with Crippen molar-refractivity contribution in [2.45, 2.75) is 0 Å². The summed E-state index contributed by atoms with van der Waals surface area (Å²) >= 11 is 0. The fourth-order valence-electron chi connectivity index (χ4n) is 2.19. The van der Waals surface area contributed by atoms with Crippen LogP contribution in [0.15, 0.2) is 48.2 Å². The Kier molecular flexibility index (Phi) is 6.56. The number of benzene rings is 2. The summed E-state index contributed by atoms with van der Waals surface area (Å²) in [5.41, 5.74) is 1.37. The Bertz CT molecular complexity index is 851. The number of phenols is 1. The maximum atomic E-state index is 11.4. The summed E-state index contributed by atoms with van der Waals surface area (Å²) in [5.74, 6) is 1.09. The van der Waals surface area contributed by atoms with Crippen molar-refractivity contribution in [1.29, 1.82) is 0 Å². The number of hydrogen-bond donors (Lipinski definition) is 1. The Labute approximate surface area is 150 Å². The first kappa shape index (κ1) is 18.8. The van der Waals surface area contributed by atoms with Crippen molar-refractivity contribution in [2.75, 3.05) is 14.2 Å². The Morgan fingerprint density at radius 3 is 2.27 bits per heavy atom. The van der Waals surface area contributed by atoms with Crippen LogP contribution in [0.1, 0.15) is 11.1 Å². The molecule has 134 valence electrons. The van der Waals surface area contributed by atoms with Crippen molar-refractivity contribution in [3.05, 3.63) is 59.4 Å². The number of methoxy groups -OCH3 is 2. The number of rotatable bonds is 8. The quantitative estimate of drug-likeness (QED) is 0.445. The standard InChI is InChI=1S/C20H18O6/c1-24-19-12-15(5-7-17(19)23)10-16(13-22)26-18-8-6-14(4-3-9-21)11-20(18)25-2/h3-13,23H,1-2H3/b4-3+,16-10+. The molecule has 0 bridgehead atoms. The number of ether oxygens (including phenoxy) is 3. The zero-order valence-corrected chi connectivity index (χ0v) is 14.3. The van der Waals surface area contributed by atoms with Gasteiger partial charge < -0.3 is 19.3 Å². The molecule has 6 heteroatoms. The van der Waals surface area contributed by atoms with E-state index in [1.807, 2.05) is 0 Å². The number of aromatic hydroxyl groups is 1. The number of hydrogen-bond acceptors (Lipinski definition) is 6. The zero-order chi connectivity index (χ0) is 18.9. The van der Waals surface area contributed by atoms with Crippen LogP contribution >= 0.6 is 0 Å². The SMILES string of the molecule is COc1cc(/C=C(\C=O)Oc2ccc(/C=C/C=O)cc2OC)ccc1O. The molecule has 6 nitrogen and oxygen atoms in total. The summed E-state index contributed by atoms with van der Waals surface area (Å²) < 4.78 is 15.9. The molecule has 0 unspecified atom stereocenters. The molecule has 2 aromatic rings. The normalized spacial score (nSPS) is 11.2. The van der Waals surface area contributed by atoms with E-state index in [1.54, 1.807) is 36.4 Å². The van der Waals surface area contributed by atoms with Crippen LogP contribution in [-0.2, 0) is 9.59 Å². The van der Waals surface area contributed by atoms with E-state index in [2.05, 4.69) is 0 Å². The van der Waals surface area contributed by atoms with Crippen molar-refractivity contribution >= 4 is 24.7 Å². The highest BCUT2D eigenvalue weighted by Gasteiger charge is 2.09. The lowest BCUT2D eigenvalue weighted by atomic mass is 10.1. The predicted octanol–water partition coefficient (Wildman–Crippen LogP) is 3.24. The summed E-state index contributed by atoms with van der Waals surface area (Å²) in [6.07, 6.45) is 5.74. The van der Waals surface area contributed by atoms with Crippen LogP contribution in [0, 0.1) is 0 Å². The molecule has 0 fully saturated rings. The molecule has 2 rings (SSSR count). The van der Waals surface area contributed by atoms with Crippen molar-refractivity contribution in [3.8, 4) is 23.0 Å². The lowest BCUT2D eigenvalue weighted by Gasteiger charge is -2.11. The van der Waals surface area contributed by atoms with E-state index in [9.17, 15) is 14.7 Å². The van der Waals surface area contributed by atoms with Crippen LogP contribution < -0.4 is 14.2 Å². The first-order chi connectivity index (χ1) is 12.6. The van der Waals surface area contributed by atoms with Crippen molar-refractivity contribution in [1.82, 2.24) is 0 Å². The van der Waals surface area contributed by atoms with Gasteiger partial charge in [0.25, 0.3) is 0 Å². The van der Waals surface area contributed by atoms with Crippen molar-refractivity contribution in [3.63, 3.8) is 0 Å². The Morgan fingerprint density at radius 2 is 1.62 bits per heavy atom. The van der Waals surface area contributed by atoms with E-state index in [0.717, 1.165) is 5.56 Å². The molecule has 2 aromatic carbocycles. The van der Waals surface area contributed by atoms with E-state index in [0.29, 0.717) is 29.6 Å². The number of allylic oxidation sites excluding steroid dienone is 2. The maximum absolute atomic E-state index is 11.4. The van der Waals surface area contributed by atoms with Gasteiger partial charge in [0.2, 0.25) is 0 Å². The summed E-state index contributed by atoms with van der Waals surface area (Å²) in [7, 11) is 2.91. The number of carbonyl (C=O) groups excluding carboxylic acids is 2. The van der Waals surface area contributed by atoms with Crippen LogP contribution in [0.3, 0.4) is 0 Å². The molecule has 0 radical (unpaired) electrons. The van der Waals surface area contributed by atoms with Crippen LogP contribution in [0.5, 0.6) is 23.0 Å². The molecule has 0 aliphatic carbocycles. The van der Waals surface area contributed by atoms with Gasteiger partial charge in [-0.15, -0.1) is 0 Å². The third kappa shape index (κ3) is 4.73. The fraction of sp³-hybridized carbons (Fsp3) is 0.100. The van der Waals surface area contributed by atoms with Crippen LogP contribution in [0.4, 0.5) is 0 Å².